The van der Waals surface area contributed by atoms with Crippen molar-refractivity contribution >= 4 is 17.0 Å². The maximum absolute atomic E-state index is 6.06. The van der Waals surface area contributed by atoms with Crippen LogP contribution in [-0.4, -0.2) is 4.98 Å². The molecule has 0 amide bonds. The zero-order valence-corrected chi connectivity index (χ0v) is 10.4. The number of hydrogen-bond acceptors (Lipinski definition) is 3. The Balaban J connectivity index is 2.23. The molecule has 84 valence electrons. The van der Waals surface area contributed by atoms with Crippen molar-refractivity contribution in [3.63, 3.8) is 0 Å². The highest BCUT2D eigenvalue weighted by Crippen LogP contribution is 2.23. The van der Waals surface area contributed by atoms with E-state index in [0.717, 1.165) is 12.1 Å². The maximum atomic E-state index is 6.06. The fourth-order valence-electron chi connectivity index (χ4n) is 1.65. The van der Waals surface area contributed by atoms with E-state index in [-0.39, 0.29) is 0 Å². The van der Waals surface area contributed by atoms with Crippen LogP contribution in [0.15, 0.2) is 29.9 Å². The number of nitrogens with two attached hydrogens (primary N) is 1. The lowest BCUT2D eigenvalue weighted by Gasteiger charge is -2.09. The van der Waals surface area contributed by atoms with Crippen LogP contribution in [-0.2, 0) is 6.42 Å². The van der Waals surface area contributed by atoms with Crippen molar-refractivity contribution in [2.24, 2.45) is 0 Å². The summed E-state index contributed by atoms with van der Waals surface area (Å²) in [7, 11) is 0. The Bertz CT molecular complexity index is 461. The molecule has 1 heterocycles. The second kappa shape index (κ2) is 4.66. The first kappa shape index (κ1) is 11.1. The van der Waals surface area contributed by atoms with Crippen LogP contribution in [0.2, 0.25) is 0 Å². The zero-order valence-electron chi connectivity index (χ0n) is 9.60. The van der Waals surface area contributed by atoms with Crippen molar-refractivity contribution in [3.8, 4) is 0 Å². The van der Waals surface area contributed by atoms with E-state index in [1.165, 1.54) is 16.0 Å². The number of aromatic nitrogens is 1. The average Bonchev–Trinajstić information content (AvgIpc) is 2.73. The monoisotopic (exact) mass is 232 g/mol. The third-order valence-electron chi connectivity index (χ3n) is 2.68. The summed E-state index contributed by atoms with van der Waals surface area (Å²) in [5, 5.41) is 0. The number of benzene rings is 1. The van der Waals surface area contributed by atoms with E-state index in [0.29, 0.717) is 5.92 Å². The summed E-state index contributed by atoms with van der Waals surface area (Å²) in [4.78, 5) is 5.33. The van der Waals surface area contributed by atoms with Gasteiger partial charge in [0.25, 0.3) is 0 Å². The second-order valence-corrected chi connectivity index (χ2v) is 5.23. The molecule has 0 spiro atoms. The van der Waals surface area contributed by atoms with Crippen molar-refractivity contribution in [2.45, 2.75) is 26.2 Å². The molecule has 2 N–H and O–H groups in total. The van der Waals surface area contributed by atoms with E-state index in [4.69, 9.17) is 5.73 Å². The predicted molar refractivity (Wildman–Crippen MR) is 69.9 cm³/mol. The molecule has 0 fully saturated rings. The lowest BCUT2D eigenvalue weighted by Crippen LogP contribution is -1.97. The highest BCUT2D eigenvalue weighted by molar-refractivity contribution is 7.09. The lowest BCUT2D eigenvalue weighted by molar-refractivity contribution is 0.866. The van der Waals surface area contributed by atoms with Gasteiger partial charge in [0.1, 0.15) is 0 Å². The third kappa shape index (κ3) is 2.42. The lowest BCUT2D eigenvalue weighted by atomic mass is 9.99. The van der Waals surface area contributed by atoms with Crippen LogP contribution in [0.25, 0.3) is 0 Å². The SMILES string of the molecule is CC(C)c1ccc(Cc2cncs2)c(N)c1. The molecule has 0 aliphatic heterocycles. The van der Waals surface area contributed by atoms with Crippen LogP contribution in [0.3, 0.4) is 0 Å². The number of nitrogen functional groups attached to an aromatic ring is 1. The van der Waals surface area contributed by atoms with Gasteiger partial charge in [0.05, 0.1) is 5.51 Å². The van der Waals surface area contributed by atoms with E-state index in [1.54, 1.807) is 11.3 Å². The van der Waals surface area contributed by atoms with Gasteiger partial charge >= 0.3 is 0 Å². The van der Waals surface area contributed by atoms with Crippen LogP contribution in [0.5, 0.6) is 0 Å². The number of anilines is 1. The van der Waals surface area contributed by atoms with Crippen molar-refractivity contribution in [3.05, 3.63) is 45.9 Å². The first-order valence-corrected chi connectivity index (χ1v) is 6.30. The van der Waals surface area contributed by atoms with E-state index in [1.807, 2.05) is 11.7 Å². The highest BCUT2D eigenvalue weighted by Gasteiger charge is 2.05. The van der Waals surface area contributed by atoms with Gasteiger partial charge in [-0.05, 0) is 23.1 Å². The van der Waals surface area contributed by atoms with Crippen molar-refractivity contribution in [1.82, 2.24) is 4.98 Å². The molecular formula is C13H16N2S. The Kier molecular flexibility index (Phi) is 3.25. The molecule has 0 saturated carbocycles. The number of nitrogens with zero attached hydrogens (tertiary/aromatic N) is 1. The van der Waals surface area contributed by atoms with Gasteiger partial charge in [-0.25, -0.2) is 0 Å². The van der Waals surface area contributed by atoms with E-state index < -0.39 is 0 Å². The largest absolute Gasteiger partial charge is 0.398 e. The molecule has 16 heavy (non-hydrogen) atoms. The highest BCUT2D eigenvalue weighted by atomic mass is 32.1. The first-order chi connectivity index (χ1) is 7.66. The minimum Gasteiger partial charge on any atom is -0.398 e. The third-order valence-corrected chi connectivity index (χ3v) is 3.46. The zero-order chi connectivity index (χ0) is 11.5. The van der Waals surface area contributed by atoms with Gasteiger partial charge in [0, 0.05) is 23.2 Å². The predicted octanol–water partition coefficient (Wildman–Crippen LogP) is 3.44. The van der Waals surface area contributed by atoms with E-state index in [9.17, 15) is 0 Å². The molecule has 1 aromatic heterocycles. The van der Waals surface area contributed by atoms with Gasteiger partial charge < -0.3 is 5.73 Å². The molecule has 0 bridgehead atoms. The summed E-state index contributed by atoms with van der Waals surface area (Å²) in [6.07, 6.45) is 2.79. The summed E-state index contributed by atoms with van der Waals surface area (Å²) >= 11 is 1.67. The molecule has 1 aromatic carbocycles. The Morgan fingerprint density at radius 3 is 2.75 bits per heavy atom. The summed E-state index contributed by atoms with van der Waals surface area (Å²) in [6, 6.07) is 6.38. The molecule has 2 rings (SSSR count). The molecule has 0 aliphatic carbocycles. The first-order valence-electron chi connectivity index (χ1n) is 5.42. The maximum Gasteiger partial charge on any atom is 0.0794 e. The van der Waals surface area contributed by atoms with Gasteiger partial charge in [-0.15, -0.1) is 11.3 Å². The quantitative estimate of drug-likeness (QED) is 0.823. The Morgan fingerprint density at radius 1 is 1.38 bits per heavy atom. The molecule has 2 aromatic rings. The van der Waals surface area contributed by atoms with E-state index >= 15 is 0 Å². The van der Waals surface area contributed by atoms with Gasteiger partial charge in [0.15, 0.2) is 0 Å². The Labute approximate surface area is 100 Å². The van der Waals surface area contributed by atoms with Crippen LogP contribution in [0, 0.1) is 0 Å². The fraction of sp³-hybridized carbons (Fsp3) is 0.308. The van der Waals surface area contributed by atoms with Crippen molar-refractivity contribution in [1.29, 1.82) is 0 Å². The molecule has 0 aliphatic rings. The average molecular weight is 232 g/mol. The molecular weight excluding hydrogens is 216 g/mol. The van der Waals surface area contributed by atoms with Crippen LogP contribution in [0.4, 0.5) is 5.69 Å². The Morgan fingerprint density at radius 2 is 2.19 bits per heavy atom. The molecule has 0 radical (unpaired) electrons. The smallest absolute Gasteiger partial charge is 0.0794 e. The molecule has 3 heteroatoms. The summed E-state index contributed by atoms with van der Waals surface area (Å²) < 4.78 is 0. The van der Waals surface area contributed by atoms with Gasteiger partial charge in [-0.1, -0.05) is 26.0 Å². The van der Waals surface area contributed by atoms with Gasteiger partial charge in [-0.3, -0.25) is 4.98 Å². The normalized spacial score (nSPS) is 10.9. The molecule has 0 saturated heterocycles. The topological polar surface area (TPSA) is 38.9 Å². The standard InChI is InChI=1S/C13H16N2S/c1-9(2)10-3-4-11(13(14)6-10)5-12-7-15-8-16-12/h3-4,6-9H,5,14H2,1-2H3. The van der Waals surface area contributed by atoms with Crippen LogP contribution >= 0.6 is 11.3 Å². The Hall–Kier alpha value is -1.35. The van der Waals surface area contributed by atoms with Crippen molar-refractivity contribution in [2.75, 3.05) is 5.73 Å². The summed E-state index contributed by atoms with van der Waals surface area (Å²) in [6.45, 7) is 4.36. The molecule has 2 nitrogen and oxygen atoms in total. The summed E-state index contributed by atoms with van der Waals surface area (Å²) in [5.41, 5.74) is 11.3. The van der Waals surface area contributed by atoms with Crippen molar-refractivity contribution < 1.29 is 0 Å². The number of rotatable bonds is 3. The van der Waals surface area contributed by atoms with Gasteiger partial charge in [-0.2, -0.15) is 0 Å². The fourth-order valence-corrected chi connectivity index (χ4v) is 2.27. The summed E-state index contributed by atoms with van der Waals surface area (Å²) in [5.74, 6) is 0.528. The second-order valence-electron chi connectivity index (χ2n) is 4.26. The molecule has 0 atom stereocenters. The van der Waals surface area contributed by atoms with Gasteiger partial charge in [0.2, 0.25) is 0 Å². The number of thiazole rings is 1. The van der Waals surface area contributed by atoms with E-state index in [2.05, 4.69) is 37.0 Å². The number of hydrogen-bond donors (Lipinski definition) is 1. The van der Waals surface area contributed by atoms with Crippen LogP contribution < -0.4 is 5.73 Å². The molecule has 0 unspecified atom stereocenters. The minimum absolute atomic E-state index is 0.528. The van der Waals surface area contributed by atoms with Crippen LogP contribution in [0.1, 0.15) is 35.8 Å². The minimum atomic E-state index is 0.528.